The van der Waals surface area contributed by atoms with Gasteiger partial charge in [-0.05, 0) is 198 Å². The number of carbonyl (C=O) groups excluding carboxylic acids is 2. The molecular weight excluding hydrogens is 1160 g/mol. The van der Waals surface area contributed by atoms with E-state index in [2.05, 4.69) is 113 Å². The van der Waals surface area contributed by atoms with E-state index in [0.717, 1.165) is 87.2 Å². The van der Waals surface area contributed by atoms with Crippen molar-refractivity contribution in [1.29, 1.82) is 0 Å². The van der Waals surface area contributed by atoms with Crippen LogP contribution in [0.4, 0.5) is 5.69 Å². The largest absolute Gasteiger partial charge is 0.508 e. The molecule has 0 radical (unpaired) electrons. The number of fused-ring (bicyclic) bond motifs is 15. The summed E-state index contributed by atoms with van der Waals surface area (Å²) >= 11 is 0. The van der Waals surface area contributed by atoms with Crippen LogP contribution in [0.2, 0.25) is 0 Å². The van der Waals surface area contributed by atoms with Gasteiger partial charge in [0.25, 0.3) is 0 Å². The minimum absolute atomic E-state index is 0.0485. The molecule has 12 rings (SSSR count). The third-order valence-corrected chi connectivity index (χ3v) is 21.8. The molecule has 488 valence electrons. The number of phenolic OH excluding ortho intramolecular Hbond substituents is 3. The maximum Gasteiger partial charge on any atom is 0.173 e. The van der Waals surface area contributed by atoms with Crippen molar-refractivity contribution in [3.8, 4) is 46.7 Å². The molecule has 0 amide bonds. The van der Waals surface area contributed by atoms with Crippen LogP contribution in [0.5, 0.6) is 23.0 Å². The molecule has 2 aliphatic heterocycles. The Morgan fingerprint density at radius 2 is 1.57 bits per heavy atom. The molecule has 14 heteroatoms. The highest BCUT2D eigenvalue weighted by atomic mass is 16.5. The third-order valence-electron chi connectivity index (χ3n) is 21.8. The molecule has 3 heterocycles. The number of aromatic amines is 1. The number of aromatic hydroxyl groups is 3. The highest BCUT2D eigenvalue weighted by Crippen LogP contribution is 2.51. The topological polar surface area (TPSA) is 229 Å². The summed E-state index contributed by atoms with van der Waals surface area (Å²) in [5.41, 5.74) is 9.04. The molecular formula is C79H93N5O9. The standard InChI is InChI=1S/C79H93N5O9/c1-6-10-64-56-32-57-31-50-20-23-66(68-40-73(89)74(93-5)36-51(68)21-24-71(87)79(92)78(91)69(50)35-56)65-14-8-7-13-63(65)55-27-45(2)67(29-47-11-9-12-61(85)28-47)49(30-55)16-18-54(42-80-4)76(57)52-25-26-82-75(37-52)84-59-22-19-48-15-17-53(77(90)70(48)38-59)34-62(86)44-81-41-46(3)58-33-60(83-43-58)39-72(64)88/h7-9,11-15,17,19,22,25,28,33,36-38,40,43,45-46,49-50,54-57,62,64,66-67,69,72,76,79-86,88-90,92H,6,10,21,24,26-27,29-32,34-35,39,41-42,44H2,1-5H3. The van der Waals surface area contributed by atoms with Crippen LogP contribution in [0.15, 0.2) is 127 Å². The Morgan fingerprint density at radius 3 is 2.38 bits per heavy atom. The summed E-state index contributed by atoms with van der Waals surface area (Å²) in [4.78, 5) is 34.0. The Bertz CT molecular complexity index is 3900. The van der Waals surface area contributed by atoms with Gasteiger partial charge in [0.1, 0.15) is 17.3 Å². The van der Waals surface area contributed by atoms with Crippen molar-refractivity contribution in [3.05, 3.63) is 171 Å². The van der Waals surface area contributed by atoms with E-state index in [0.29, 0.717) is 62.8 Å². The first-order valence-electron chi connectivity index (χ1n) is 34.1. The number of aryl methyl sites for hydroxylation is 1. The number of dihydropyridines is 1. The van der Waals surface area contributed by atoms with Gasteiger partial charge in [-0.15, -0.1) is 0 Å². The number of carbonyl (C=O) groups is 2. The van der Waals surface area contributed by atoms with Gasteiger partial charge in [-0.3, -0.25) is 9.59 Å². The molecule has 0 spiro atoms. The minimum atomic E-state index is -1.91. The quantitative estimate of drug-likeness (QED) is 0.0529. The van der Waals surface area contributed by atoms with Gasteiger partial charge in [0, 0.05) is 98.0 Å². The van der Waals surface area contributed by atoms with E-state index in [1.807, 2.05) is 61.8 Å². The fourth-order valence-electron chi connectivity index (χ4n) is 17.1. The number of benzene rings is 5. The van der Waals surface area contributed by atoms with Crippen LogP contribution in [0.1, 0.15) is 135 Å². The summed E-state index contributed by atoms with van der Waals surface area (Å²) in [6.07, 6.45) is 8.61. The van der Waals surface area contributed by atoms with E-state index in [1.165, 1.54) is 7.11 Å². The average Bonchev–Trinajstić information content (AvgIpc) is 1.71. The lowest BCUT2D eigenvalue weighted by Gasteiger charge is -2.40. The second-order valence-corrected chi connectivity index (χ2v) is 27.9. The summed E-state index contributed by atoms with van der Waals surface area (Å²) in [6, 6.07) is 31.6. The van der Waals surface area contributed by atoms with Gasteiger partial charge >= 0.3 is 0 Å². The van der Waals surface area contributed by atoms with Gasteiger partial charge in [0.2, 0.25) is 0 Å². The number of aliphatic hydroxyl groups excluding tert-OH is 3. The molecule has 1 aromatic heterocycles. The maximum atomic E-state index is 15.8. The summed E-state index contributed by atoms with van der Waals surface area (Å²) in [5.74, 6) is 12.9. The van der Waals surface area contributed by atoms with Crippen molar-refractivity contribution in [2.45, 2.75) is 134 Å². The molecule has 6 aliphatic rings. The molecule has 4 aliphatic carbocycles. The van der Waals surface area contributed by atoms with Crippen molar-refractivity contribution in [1.82, 2.24) is 20.9 Å². The third kappa shape index (κ3) is 14.3. The molecule has 6 aromatic rings. The second-order valence-electron chi connectivity index (χ2n) is 27.9. The first-order chi connectivity index (χ1) is 45.0. The van der Waals surface area contributed by atoms with Crippen LogP contribution in [-0.4, -0.2) is 106 Å². The average molecular weight is 1260 g/mol. The predicted octanol–water partition coefficient (Wildman–Crippen LogP) is 11.1. The number of anilines is 1. The van der Waals surface area contributed by atoms with E-state index in [9.17, 15) is 35.4 Å². The minimum Gasteiger partial charge on any atom is -0.508 e. The normalized spacial score (nSPS) is 30.1. The number of phenols is 3. The van der Waals surface area contributed by atoms with Gasteiger partial charge in [-0.25, -0.2) is 0 Å². The zero-order valence-corrected chi connectivity index (χ0v) is 54.4. The number of hydrogen-bond acceptors (Lipinski definition) is 13. The van der Waals surface area contributed by atoms with E-state index < -0.39 is 47.6 Å². The Balaban J connectivity index is 1.09. The molecule has 11 N–H and O–H groups in total. The van der Waals surface area contributed by atoms with Gasteiger partial charge in [0.15, 0.2) is 29.2 Å². The highest BCUT2D eigenvalue weighted by molar-refractivity contribution is 6.06. The Morgan fingerprint density at radius 1 is 0.753 bits per heavy atom. The second kappa shape index (κ2) is 28.8. The fourth-order valence-corrected chi connectivity index (χ4v) is 17.1. The molecule has 0 saturated heterocycles. The molecule has 16 unspecified atom stereocenters. The molecule has 13 bridgehead atoms. The maximum absolute atomic E-state index is 15.8. The van der Waals surface area contributed by atoms with Crippen LogP contribution in [0.25, 0.3) is 10.8 Å². The lowest BCUT2D eigenvalue weighted by molar-refractivity contribution is -0.142. The first-order valence-corrected chi connectivity index (χ1v) is 34.1. The zero-order chi connectivity index (χ0) is 65.0. The summed E-state index contributed by atoms with van der Waals surface area (Å²) in [5, 5.41) is 87.2. The fraction of sp³-hybridized carbons (Fsp3) is 0.468. The number of aliphatic hydroxyl groups is 3. The van der Waals surface area contributed by atoms with Crippen LogP contribution in [0, 0.1) is 82.9 Å². The van der Waals surface area contributed by atoms with Crippen LogP contribution < -0.4 is 26.0 Å². The SMILES string of the molecule is CCCC1C(O)Cc2cc(c[nH]2)C(C)CNCC(O)Cc2ccc3ccc(cc3c2O)NC2=CC(=CCN2)C2C(CNC)C#CC3CC(CC(C)C3Cc3cccc(O)c3)c3ccccc3C3C#CC4CC2CC1CC4C(=O)C(O)C(=O)CCc1cc(OC)c(O)cc13. The molecule has 14 nitrogen and oxygen atoms in total. The Labute approximate surface area is 548 Å². The molecule has 93 heavy (non-hydrogen) atoms. The number of ether oxygens (including phenoxy) is 1. The van der Waals surface area contributed by atoms with Crippen LogP contribution >= 0.6 is 0 Å². The number of methoxy groups -OCH3 is 1. The summed E-state index contributed by atoms with van der Waals surface area (Å²) < 4.78 is 5.73. The Kier molecular flexibility index (Phi) is 20.2. The van der Waals surface area contributed by atoms with Crippen molar-refractivity contribution in [2.24, 2.45) is 59.2 Å². The highest BCUT2D eigenvalue weighted by Gasteiger charge is 2.47. The Hall–Kier alpha value is -7.82. The number of β-amino-alcohol motifs (C(OH)–C–C–N with tert-alkyl or cyclic N) is 1. The molecule has 2 fully saturated rings. The van der Waals surface area contributed by atoms with E-state index in [-0.39, 0.29) is 108 Å². The number of hydrogen-bond donors (Lipinski definition) is 11. The van der Waals surface area contributed by atoms with Crippen molar-refractivity contribution in [3.63, 3.8) is 0 Å². The zero-order valence-electron chi connectivity index (χ0n) is 54.4. The lowest BCUT2D eigenvalue weighted by atomic mass is 9.64. The van der Waals surface area contributed by atoms with Crippen LogP contribution in [-0.2, 0) is 35.3 Å². The summed E-state index contributed by atoms with van der Waals surface area (Å²) in [7, 11) is 3.48. The number of ketones is 2. The number of H-pyrrole nitrogens is 1. The molecule has 16 atom stereocenters. The lowest BCUT2D eigenvalue weighted by Crippen LogP contribution is -2.40. The van der Waals surface area contributed by atoms with E-state index in [1.54, 1.807) is 18.2 Å². The van der Waals surface area contributed by atoms with Crippen LogP contribution in [0.3, 0.4) is 0 Å². The van der Waals surface area contributed by atoms with E-state index in [4.69, 9.17) is 4.74 Å². The predicted molar refractivity (Wildman–Crippen MR) is 365 cm³/mol. The number of aromatic nitrogens is 1. The van der Waals surface area contributed by atoms with Gasteiger partial charge in [-0.1, -0.05) is 112 Å². The smallest absolute Gasteiger partial charge is 0.173 e. The van der Waals surface area contributed by atoms with Gasteiger partial charge in [0.05, 0.1) is 25.2 Å². The first kappa shape index (κ1) is 65.3. The van der Waals surface area contributed by atoms with E-state index >= 15 is 4.79 Å². The number of allylic oxidation sites excluding steroid dienone is 2. The van der Waals surface area contributed by atoms with Crippen molar-refractivity contribution < 1.29 is 45.0 Å². The number of Topliss-reactive ketones (excluding diaryl/α,β-unsaturated/α-hetero) is 2. The van der Waals surface area contributed by atoms with Crippen molar-refractivity contribution in [2.75, 3.05) is 45.7 Å². The van der Waals surface area contributed by atoms with Gasteiger partial charge in [-0.2, -0.15) is 0 Å². The molecule has 5 aromatic carbocycles. The monoisotopic (exact) mass is 1260 g/mol. The number of nitrogens with one attached hydrogen (secondary N) is 5. The van der Waals surface area contributed by atoms with Gasteiger partial charge < -0.3 is 61.6 Å². The summed E-state index contributed by atoms with van der Waals surface area (Å²) in [6.45, 7) is 8.52. The number of rotatable bonds is 7. The molecule has 2 saturated carbocycles. The van der Waals surface area contributed by atoms with Crippen molar-refractivity contribution >= 4 is 28.0 Å².